The van der Waals surface area contributed by atoms with Gasteiger partial charge in [-0.2, -0.15) is 0 Å². The first kappa shape index (κ1) is 13.3. The number of aliphatic hydroxyl groups is 1. The van der Waals surface area contributed by atoms with Crippen LogP contribution >= 0.6 is 0 Å². The molecule has 1 amide bonds. The van der Waals surface area contributed by atoms with Crippen molar-refractivity contribution in [2.75, 3.05) is 6.54 Å². The van der Waals surface area contributed by atoms with Crippen molar-refractivity contribution >= 4 is 6.09 Å². The van der Waals surface area contributed by atoms with Gasteiger partial charge in [-0.3, -0.25) is 0 Å². The summed E-state index contributed by atoms with van der Waals surface area (Å²) in [4.78, 5) is 12.8. The molecule has 1 aliphatic rings. The van der Waals surface area contributed by atoms with Crippen LogP contribution in [0.25, 0.3) is 0 Å². The highest BCUT2D eigenvalue weighted by Crippen LogP contribution is 2.26. The molecule has 4 nitrogen and oxygen atoms in total. The summed E-state index contributed by atoms with van der Waals surface area (Å²) in [5.74, 6) is 0. The Morgan fingerprint density at radius 2 is 1.75 bits per heavy atom. The van der Waals surface area contributed by atoms with Gasteiger partial charge in [-0.15, -0.1) is 0 Å². The first-order chi connectivity index (χ1) is 7.29. The average Bonchev–Trinajstić information content (AvgIpc) is 2.14. The van der Waals surface area contributed by atoms with E-state index in [1.165, 1.54) is 0 Å². The van der Waals surface area contributed by atoms with Crippen LogP contribution in [0.1, 0.15) is 46.5 Å². The molecule has 1 aliphatic carbocycles. The Kier molecular flexibility index (Phi) is 4.19. The van der Waals surface area contributed by atoms with Gasteiger partial charge < -0.3 is 15.1 Å². The number of aliphatic hydroxyl groups excluding tert-OH is 1. The van der Waals surface area contributed by atoms with E-state index in [1.807, 2.05) is 20.8 Å². The first-order valence-corrected chi connectivity index (χ1v) is 5.97. The van der Waals surface area contributed by atoms with Crippen LogP contribution in [-0.2, 0) is 0 Å². The fourth-order valence-electron chi connectivity index (χ4n) is 2.23. The Bertz CT molecular complexity index is 239. The van der Waals surface area contributed by atoms with Gasteiger partial charge in [0.15, 0.2) is 0 Å². The van der Waals surface area contributed by atoms with E-state index in [-0.39, 0.29) is 17.6 Å². The van der Waals surface area contributed by atoms with Crippen molar-refractivity contribution in [3.8, 4) is 0 Å². The van der Waals surface area contributed by atoms with Gasteiger partial charge >= 0.3 is 6.09 Å². The van der Waals surface area contributed by atoms with Crippen molar-refractivity contribution < 1.29 is 15.0 Å². The predicted octanol–water partition coefficient (Wildman–Crippen LogP) is 2.32. The van der Waals surface area contributed by atoms with Crippen LogP contribution in [-0.4, -0.2) is 39.9 Å². The van der Waals surface area contributed by atoms with E-state index >= 15 is 0 Å². The van der Waals surface area contributed by atoms with E-state index in [9.17, 15) is 15.0 Å². The summed E-state index contributed by atoms with van der Waals surface area (Å²) in [6, 6.07) is 0.0834. The fourth-order valence-corrected chi connectivity index (χ4v) is 2.23. The zero-order valence-corrected chi connectivity index (χ0v) is 10.4. The second-order valence-electron chi connectivity index (χ2n) is 5.93. The monoisotopic (exact) mass is 229 g/mol. The molecule has 1 fully saturated rings. The highest BCUT2D eigenvalue weighted by atomic mass is 16.4. The molecule has 0 atom stereocenters. The van der Waals surface area contributed by atoms with Crippen molar-refractivity contribution in [2.24, 2.45) is 5.41 Å². The van der Waals surface area contributed by atoms with Gasteiger partial charge in [0, 0.05) is 12.6 Å². The minimum absolute atomic E-state index is 0.0194. The molecule has 1 rings (SSSR count). The number of amides is 1. The molecule has 0 aromatic rings. The van der Waals surface area contributed by atoms with Crippen molar-refractivity contribution in [1.82, 2.24) is 4.90 Å². The van der Waals surface area contributed by atoms with Crippen molar-refractivity contribution in [2.45, 2.75) is 58.6 Å². The first-order valence-electron chi connectivity index (χ1n) is 5.97. The molecule has 16 heavy (non-hydrogen) atoms. The molecule has 0 aliphatic heterocycles. The van der Waals surface area contributed by atoms with Gasteiger partial charge in [-0.25, -0.2) is 4.79 Å². The molecule has 0 heterocycles. The normalized spacial score (nSPS) is 26.5. The van der Waals surface area contributed by atoms with E-state index in [1.54, 1.807) is 4.90 Å². The molecule has 0 unspecified atom stereocenters. The van der Waals surface area contributed by atoms with Crippen LogP contribution in [0.5, 0.6) is 0 Å². The molecule has 0 spiro atoms. The molecule has 0 radical (unpaired) electrons. The Balaban J connectivity index is 2.60. The molecular formula is C12H23NO3. The second kappa shape index (κ2) is 5.04. The van der Waals surface area contributed by atoms with Crippen LogP contribution < -0.4 is 0 Å². The molecule has 0 saturated heterocycles. The maximum absolute atomic E-state index is 11.2. The van der Waals surface area contributed by atoms with Gasteiger partial charge in [-0.1, -0.05) is 20.8 Å². The van der Waals surface area contributed by atoms with Crippen LogP contribution in [0.4, 0.5) is 4.79 Å². The summed E-state index contributed by atoms with van der Waals surface area (Å²) in [5.41, 5.74) is -0.0194. The van der Waals surface area contributed by atoms with E-state index in [0.29, 0.717) is 6.54 Å². The smallest absolute Gasteiger partial charge is 0.407 e. The third-order valence-corrected chi connectivity index (χ3v) is 3.00. The standard InChI is InChI=1S/C12H23NO3/c1-12(2,3)8-13(11(15)16)9-4-6-10(14)7-5-9/h9-10,14H,4-8H2,1-3H3,(H,15,16). The predicted molar refractivity (Wildman–Crippen MR) is 62.4 cm³/mol. The number of hydrogen-bond acceptors (Lipinski definition) is 2. The van der Waals surface area contributed by atoms with Crippen LogP contribution in [0.2, 0.25) is 0 Å². The second-order valence-corrected chi connectivity index (χ2v) is 5.93. The Labute approximate surface area is 97.3 Å². The van der Waals surface area contributed by atoms with Gasteiger partial charge in [0.05, 0.1) is 6.10 Å². The molecule has 0 aromatic carbocycles. The molecule has 4 heteroatoms. The summed E-state index contributed by atoms with van der Waals surface area (Å²) < 4.78 is 0. The summed E-state index contributed by atoms with van der Waals surface area (Å²) in [6.45, 7) is 6.69. The number of hydrogen-bond donors (Lipinski definition) is 2. The third-order valence-electron chi connectivity index (χ3n) is 3.00. The SMILES string of the molecule is CC(C)(C)CN(C(=O)O)C1CCC(O)CC1. The molecule has 94 valence electrons. The average molecular weight is 229 g/mol. The van der Waals surface area contributed by atoms with Crippen LogP contribution in [0.3, 0.4) is 0 Å². The molecule has 0 bridgehead atoms. The zero-order valence-electron chi connectivity index (χ0n) is 10.4. The lowest BCUT2D eigenvalue weighted by molar-refractivity contribution is 0.0555. The zero-order chi connectivity index (χ0) is 12.3. The highest BCUT2D eigenvalue weighted by molar-refractivity contribution is 5.65. The van der Waals surface area contributed by atoms with E-state index < -0.39 is 6.09 Å². The van der Waals surface area contributed by atoms with Crippen LogP contribution in [0, 0.1) is 5.41 Å². The van der Waals surface area contributed by atoms with Gasteiger partial charge in [0.25, 0.3) is 0 Å². The maximum Gasteiger partial charge on any atom is 0.407 e. The van der Waals surface area contributed by atoms with Crippen molar-refractivity contribution in [3.63, 3.8) is 0 Å². The Hall–Kier alpha value is -0.770. The van der Waals surface area contributed by atoms with Gasteiger partial charge in [0.1, 0.15) is 0 Å². The Morgan fingerprint density at radius 1 is 1.25 bits per heavy atom. The number of rotatable bonds is 2. The molecular weight excluding hydrogens is 206 g/mol. The van der Waals surface area contributed by atoms with Crippen LogP contribution in [0.15, 0.2) is 0 Å². The van der Waals surface area contributed by atoms with Crippen molar-refractivity contribution in [1.29, 1.82) is 0 Å². The van der Waals surface area contributed by atoms with E-state index in [2.05, 4.69) is 0 Å². The molecule has 1 saturated carbocycles. The van der Waals surface area contributed by atoms with Gasteiger partial charge in [0.2, 0.25) is 0 Å². The number of carboxylic acid groups (broad SMARTS) is 1. The number of nitrogens with zero attached hydrogens (tertiary/aromatic N) is 1. The lowest BCUT2D eigenvalue weighted by Gasteiger charge is -2.37. The largest absolute Gasteiger partial charge is 0.465 e. The summed E-state index contributed by atoms with van der Waals surface area (Å²) in [5, 5.41) is 18.6. The topological polar surface area (TPSA) is 60.8 Å². The Morgan fingerprint density at radius 3 is 2.12 bits per heavy atom. The summed E-state index contributed by atoms with van der Waals surface area (Å²) in [7, 11) is 0. The molecule has 2 N–H and O–H groups in total. The van der Waals surface area contributed by atoms with E-state index in [4.69, 9.17) is 0 Å². The highest BCUT2D eigenvalue weighted by Gasteiger charge is 2.30. The van der Waals surface area contributed by atoms with E-state index in [0.717, 1.165) is 25.7 Å². The maximum atomic E-state index is 11.2. The lowest BCUT2D eigenvalue weighted by Crippen LogP contribution is -2.46. The number of carbonyl (C=O) groups is 1. The minimum atomic E-state index is -0.837. The summed E-state index contributed by atoms with van der Waals surface area (Å²) in [6.07, 6.45) is 1.93. The quantitative estimate of drug-likeness (QED) is 0.764. The summed E-state index contributed by atoms with van der Waals surface area (Å²) >= 11 is 0. The minimum Gasteiger partial charge on any atom is -0.465 e. The lowest BCUT2D eigenvalue weighted by atomic mass is 9.89. The van der Waals surface area contributed by atoms with Crippen molar-refractivity contribution in [3.05, 3.63) is 0 Å². The fraction of sp³-hybridized carbons (Fsp3) is 0.917. The molecule has 0 aromatic heterocycles. The van der Waals surface area contributed by atoms with Gasteiger partial charge in [-0.05, 0) is 31.1 Å². The third kappa shape index (κ3) is 4.00.